The molecule has 0 atom stereocenters. The molecule has 3 rings (SSSR count). The van der Waals surface area contributed by atoms with E-state index in [-0.39, 0.29) is 0 Å². The molecule has 2 aromatic rings. The minimum absolute atomic E-state index is 0.295. The minimum Gasteiger partial charge on any atom is -0.465 e. The molecule has 0 aliphatic carbocycles. The van der Waals surface area contributed by atoms with Gasteiger partial charge >= 0.3 is 5.97 Å². The third-order valence-electron chi connectivity index (χ3n) is 2.46. The average Bonchev–Trinajstić information content (AvgIpc) is 2.85. The fraction of sp³-hybridized carbons (Fsp3) is 0.0909. The van der Waals surface area contributed by atoms with Gasteiger partial charge in [0.1, 0.15) is 23.6 Å². The standard InChI is InChI=1S/C11H8N2O4/c1-15-11(14)6-4-7-8(13-5-12-7)10-9(6)16-2-3-17-10/h2-5H,1H3,(H,12,13). The fourth-order valence-corrected chi connectivity index (χ4v) is 1.71. The summed E-state index contributed by atoms with van der Waals surface area (Å²) in [7, 11) is 1.31. The van der Waals surface area contributed by atoms with Crippen LogP contribution in [-0.2, 0) is 4.74 Å². The van der Waals surface area contributed by atoms with Crippen LogP contribution in [-0.4, -0.2) is 23.0 Å². The number of nitrogens with zero attached hydrogens (tertiary/aromatic N) is 1. The second kappa shape index (κ2) is 3.51. The van der Waals surface area contributed by atoms with Crippen molar-refractivity contribution >= 4 is 17.0 Å². The first kappa shape index (κ1) is 9.71. The lowest BCUT2D eigenvalue weighted by atomic mass is 10.1. The number of hydrogen-bond acceptors (Lipinski definition) is 5. The number of aromatic amines is 1. The smallest absolute Gasteiger partial charge is 0.341 e. The van der Waals surface area contributed by atoms with E-state index in [1.54, 1.807) is 6.07 Å². The van der Waals surface area contributed by atoms with Gasteiger partial charge in [0.15, 0.2) is 11.5 Å². The monoisotopic (exact) mass is 232 g/mol. The van der Waals surface area contributed by atoms with Crippen molar-refractivity contribution < 1.29 is 19.0 Å². The highest BCUT2D eigenvalue weighted by Crippen LogP contribution is 2.40. The third-order valence-corrected chi connectivity index (χ3v) is 2.46. The molecule has 86 valence electrons. The second-order valence-electron chi connectivity index (χ2n) is 3.38. The Labute approximate surface area is 95.8 Å². The number of aromatic nitrogens is 2. The average molecular weight is 232 g/mol. The Kier molecular flexibility index (Phi) is 2.01. The number of rotatable bonds is 1. The largest absolute Gasteiger partial charge is 0.465 e. The number of benzene rings is 1. The Bertz CT molecular complexity index is 630. The lowest BCUT2D eigenvalue weighted by molar-refractivity contribution is 0.0597. The molecule has 0 unspecified atom stereocenters. The topological polar surface area (TPSA) is 73.4 Å². The maximum Gasteiger partial charge on any atom is 0.341 e. The number of esters is 1. The summed E-state index contributed by atoms with van der Waals surface area (Å²) in [5.41, 5.74) is 1.59. The Morgan fingerprint density at radius 2 is 2.12 bits per heavy atom. The van der Waals surface area contributed by atoms with Crippen LogP contribution in [0.4, 0.5) is 0 Å². The summed E-state index contributed by atoms with van der Waals surface area (Å²) in [4.78, 5) is 18.7. The van der Waals surface area contributed by atoms with Crippen LogP contribution in [0.2, 0.25) is 0 Å². The first-order valence-corrected chi connectivity index (χ1v) is 4.88. The number of hydrogen-bond donors (Lipinski definition) is 1. The van der Waals surface area contributed by atoms with Crippen LogP contribution in [0, 0.1) is 0 Å². The first-order chi connectivity index (χ1) is 8.31. The molecule has 17 heavy (non-hydrogen) atoms. The predicted octanol–water partition coefficient (Wildman–Crippen LogP) is 1.59. The summed E-state index contributed by atoms with van der Waals surface area (Å²) in [6.07, 6.45) is 4.26. The molecule has 1 aliphatic rings. The zero-order chi connectivity index (χ0) is 11.8. The van der Waals surface area contributed by atoms with Gasteiger partial charge in [-0.3, -0.25) is 0 Å². The maximum atomic E-state index is 11.6. The lowest BCUT2D eigenvalue weighted by Gasteiger charge is -2.15. The van der Waals surface area contributed by atoms with Crippen molar-refractivity contribution in [2.75, 3.05) is 7.11 Å². The molecule has 0 saturated carbocycles. The maximum absolute atomic E-state index is 11.6. The number of nitrogens with one attached hydrogen (secondary N) is 1. The van der Waals surface area contributed by atoms with Crippen molar-refractivity contribution in [3.63, 3.8) is 0 Å². The van der Waals surface area contributed by atoms with Crippen molar-refractivity contribution in [2.24, 2.45) is 0 Å². The zero-order valence-corrected chi connectivity index (χ0v) is 8.89. The van der Waals surface area contributed by atoms with E-state index in [0.717, 1.165) is 0 Å². The van der Waals surface area contributed by atoms with Crippen molar-refractivity contribution in [1.29, 1.82) is 0 Å². The van der Waals surface area contributed by atoms with E-state index in [2.05, 4.69) is 9.97 Å². The lowest BCUT2D eigenvalue weighted by Crippen LogP contribution is -2.07. The minimum atomic E-state index is -0.489. The van der Waals surface area contributed by atoms with Gasteiger partial charge in [0.05, 0.1) is 19.0 Å². The van der Waals surface area contributed by atoms with Gasteiger partial charge in [-0.25, -0.2) is 9.78 Å². The van der Waals surface area contributed by atoms with Crippen molar-refractivity contribution in [3.05, 3.63) is 30.5 Å². The van der Waals surface area contributed by atoms with Gasteiger partial charge in [0.2, 0.25) is 0 Å². The van der Waals surface area contributed by atoms with Crippen LogP contribution in [0.15, 0.2) is 24.9 Å². The van der Waals surface area contributed by atoms with E-state index in [0.29, 0.717) is 28.1 Å². The summed E-state index contributed by atoms with van der Waals surface area (Å²) in [5, 5.41) is 0. The van der Waals surface area contributed by atoms with Crippen molar-refractivity contribution in [1.82, 2.24) is 9.97 Å². The highest BCUT2D eigenvalue weighted by atomic mass is 16.6. The van der Waals surface area contributed by atoms with Crippen LogP contribution in [0.1, 0.15) is 10.4 Å². The number of carbonyl (C=O) groups is 1. The predicted molar refractivity (Wildman–Crippen MR) is 57.8 cm³/mol. The zero-order valence-electron chi connectivity index (χ0n) is 8.89. The summed E-state index contributed by atoms with van der Waals surface area (Å²) in [5.74, 6) is 0.238. The van der Waals surface area contributed by atoms with Gasteiger partial charge in [-0.15, -0.1) is 0 Å². The van der Waals surface area contributed by atoms with Crippen LogP contribution >= 0.6 is 0 Å². The number of imidazole rings is 1. The molecule has 6 nitrogen and oxygen atoms in total. The van der Waals surface area contributed by atoms with Gasteiger partial charge in [-0.05, 0) is 6.07 Å². The van der Waals surface area contributed by atoms with Crippen LogP contribution in [0.3, 0.4) is 0 Å². The molecule has 0 radical (unpaired) electrons. The molecule has 1 aromatic carbocycles. The van der Waals surface area contributed by atoms with Gasteiger partial charge < -0.3 is 19.2 Å². The van der Waals surface area contributed by atoms with E-state index in [1.165, 1.54) is 26.0 Å². The molecule has 1 aliphatic heterocycles. The Morgan fingerprint density at radius 3 is 2.88 bits per heavy atom. The summed E-state index contributed by atoms with van der Waals surface area (Å²) in [6.45, 7) is 0. The van der Waals surface area contributed by atoms with Crippen LogP contribution in [0.25, 0.3) is 11.0 Å². The van der Waals surface area contributed by atoms with Gasteiger partial charge in [-0.2, -0.15) is 0 Å². The Hall–Kier alpha value is -2.50. The molecule has 1 aromatic heterocycles. The highest BCUT2D eigenvalue weighted by molar-refractivity contribution is 6.00. The Morgan fingerprint density at radius 1 is 1.35 bits per heavy atom. The van der Waals surface area contributed by atoms with Gasteiger partial charge in [0, 0.05) is 0 Å². The molecule has 6 heteroatoms. The van der Waals surface area contributed by atoms with E-state index in [9.17, 15) is 4.79 Å². The number of H-pyrrole nitrogens is 1. The quantitative estimate of drug-likeness (QED) is 0.756. The normalized spacial score (nSPS) is 12.8. The molecule has 0 amide bonds. The number of methoxy groups -OCH3 is 1. The molecule has 0 spiro atoms. The highest BCUT2D eigenvalue weighted by Gasteiger charge is 2.24. The van der Waals surface area contributed by atoms with Gasteiger partial charge in [-0.1, -0.05) is 0 Å². The molecular formula is C11H8N2O4. The molecule has 0 bridgehead atoms. The molecule has 2 heterocycles. The molecule has 0 fully saturated rings. The second-order valence-corrected chi connectivity index (χ2v) is 3.38. The van der Waals surface area contributed by atoms with Crippen LogP contribution in [0.5, 0.6) is 11.5 Å². The first-order valence-electron chi connectivity index (χ1n) is 4.88. The fourth-order valence-electron chi connectivity index (χ4n) is 1.71. The summed E-state index contributed by atoms with van der Waals surface area (Å²) >= 11 is 0. The van der Waals surface area contributed by atoms with Crippen LogP contribution < -0.4 is 9.47 Å². The van der Waals surface area contributed by atoms with Crippen molar-refractivity contribution in [3.8, 4) is 11.5 Å². The molecule has 1 N–H and O–H groups in total. The number of fused-ring (bicyclic) bond motifs is 3. The third kappa shape index (κ3) is 1.34. The molecular weight excluding hydrogens is 224 g/mol. The Balaban J connectivity index is 2.32. The van der Waals surface area contributed by atoms with E-state index in [4.69, 9.17) is 14.2 Å². The van der Waals surface area contributed by atoms with E-state index < -0.39 is 5.97 Å². The number of carbonyl (C=O) groups excluding carboxylic acids is 1. The summed E-state index contributed by atoms with van der Waals surface area (Å²) in [6, 6.07) is 1.62. The van der Waals surface area contributed by atoms with E-state index >= 15 is 0 Å². The van der Waals surface area contributed by atoms with Crippen molar-refractivity contribution in [2.45, 2.75) is 0 Å². The number of ether oxygens (including phenoxy) is 3. The SMILES string of the molecule is COC(=O)c1cc2[nH]cnc2c2c1OC=CO2. The van der Waals surface area contributed by atoms with E-state index in [1.807, 2.05) is 0 Å². The molecule has 0 saturated heterocycles. The van der Waals surface area contributed by atoms with Gasteiger partial charge in [0.25, 0.3) is 0 Å². The summed E-state index contributed by atoms with van der Waals surface area (Å²) < 4.78 is 15.3.